The number of Topliss-reactive ketones (excluding diaryl/α,β-unsaturated/α-hetero) is 1. The Morgan fingerprint density at radius 1 is 0.701 bits per heavy atom. The molecule has 1 spiro atoms. The summed E-state index contributed by atoms with van der Waals surface area (Å²) < 4.78 is 111. The first-order valence-corrected chi connectivity index (χ1v) is 31.6. The zero-order valence-electron chi connectivity index (χ0n) is 50.3. The predicted molar refractivity (Wildman–Crippen MR) is 292 cm³/mol. The molecule has 3 saturated carbocycles. The van der Waals surface area contributed by atoms with Crippen molar-refractivity contribution in [2.45, 2.75) is 253 Å². The van der Waals surface area contributed by atoms with E-state index < -0.39 is 206 Å². The number of fused-ring (bicyclic) bond motifs is 4. The van der Waals surface area contributed by atoms with Crippen molar-refractivity contribution in [1.82, 2.24) is 0 Å². The van der Waals surface area contributed by atoms with Gasteiger partial charge in [-0.15, -0.1) is 6.58 Å². The van der Waals surface area contributed by atoms with Crippen molar-refractivity contribution >= 4 is 22.2 Å². The molecule has 29 heteroatoms. The van der Waals surface area contributed by atoms with Gasteiger partial charge in [-0.1, -0.05) is 44.9 Å². The van der Waals surface area contributed by atoms with Crippen LogP contribution in [0, 0.1) is 39.4 Å². The molecule has 87 heavy (non-hydrogen) atoms. The van der Waals surface area contributed by atoms with Crippen molar-refractivity contribution in [2.75, 3.05) is 33.5 Å². The summed E-state index contributed by atoms with van der Waals surface area (Å²) in [4.78, 5) is 28.9. The number of hydrogen-bond acceptors (Lipinski definition) is 27. The van der Waals surface area contributed by atoms with Gasteiger partial charge in [0.15, 0.2) is 31.5 Å². The van der Waals surface area contributed by atoms with Gasteiger partial charge in [-0.3, -0.25) is 14.1 Å². The second-order valence-corrected chi connectivity index (χ2v) is 28.2. The molecule has 0 aromatic carbocycles. The minimum atomic E-state index is -5.25. The van der Waals surface area contributed by atoms with E-state index in [0.29, 0.717) is 38.5 Å². The molecule has 2 unspecified atom stereocenters. The Bertz CT molecular complexity index is 2650. The number of cyclic esters (lactones) is 1. The quantitative estimate of drug-likeness (QED) is 0.0432. The van der Waals surface area contributed by atoms with Crippen LogP contribution in [-0.4, -0.2) is 256 Å². The monoisotopic (exact) mass is 1270 g/mol. The number of aliphatic hydroxyl groups is 10. The number of carbonyl (C=O) groups is 2. The average Bonchev–Trinajstić information content (AvgIpc) is 1.53. The Morgan fingerprint density at radius 2 is 1.32 bits per heavy atom. The maximum atomic E-state index is 14.5. The average molecular weight is 1270 g/mol. The molecule has 6 aliphatic heterocycles. The van der Waals surface area contributed by atoms with Crippen LogP contribution in [0.3, 0.4) is 0 Å². The van der Waals surface area contributed by atoms with Gasteiger partial charge in [0.25, 0.3) is 0 Å². The molecule has 10 rings (SSSR count). The molecule has 30 atom stereocenters. The summed E-state index contributed by atoms with van der Waals surface area (Å²) in [6.07, 6.45) is -31.1. The van der Waals surface area contributed by atoms with Gasteiger partial charge < -0.3 is 108 Å². The Kier molecular flexibility index (Phi) is 19.5. The third-order valence-electron chi connectivity index (χ3n) is 21.4. The van der Waals surface area contributed by atoms with E-state index in [-0.39, 0.29) is 35.4 Å². The maximum absolute atomic E-state index is 14.5. The lowest BCUT2D eigenvalue weighted by Gasteiger charge is -2.63. The van der Waals surface area contributed by atoms with E-state index >= 15 is 0 Å². The van der Waals surface area contributed by atoms with E-state index in [2.05, 4.69) is 40.3 Å². The van der Waals surface area contributed by atoms with Crippen molar-refractivity contribution in [3.8, 4) is 0 Å². The normalized spacial score (nSPS) is 50.7. The van der Waals surface area contributed by atoms with Crippen molar-refractivity contribution < 1.29 is 135 Å². The Hall–Kier alpha value is -2.35. The number of methoxy groups -OCH3 is 1. The van der Waals surface area contributed by atoms with Crippen LogP contribution >= 0.6 is 0 Å². The number of hydrogen-bond donors (Lipinski definition) is 11. The van der Waals surface area contributed by atoms with Crippen molar-refractivity contribution in [1.29, 1.82) is 0 Å². The lowest BCUT2D eigenvalue weighted by atomic mass is 9.41. The highest BCUT2D eigenvalue weighted by molar-refractivity contribution is 7.80. The van der Waals surface area contributed by atoms with Crippen LogP contribution in [0.4, 0.5) is 0 Å². The van der Waals surface area contributed by atoms with E-state index in [1.807, 2.05) is 13.8 Å². The molecule has 0 radical (unpaired) electrons. The number of rotatable bonds is 18. The van der Waals surface area contributed by atoms with E-state index in [4.69, 9.17) is 61.0 Å². The molecule has 0 amide bonds. The number of aliphatic hydroxyl groups excluding tert-OH is 10. The highest BCUT2D eigenvalue weighted by atomic mass is 32.3. The number of carbonyl (C=O) groups excluding carboxylic acids is 2. The van der Waals surface area contributed by atoms with Gasteiger partial charge in [0, 0.05) is 18.9 Å². The standard InChI is InChI=1S/C58H90O28S/c1-24(2)11-10-16-57(8)47-28(60)19-56(7)27-12-13-33-54(4,5)34(15-17-55(33,6)26(27)14-18-58(47,56)53(70)85-57)80-51-45(37(65)32(23-77-51)86-87(71,72)73)84-52-46(83-48-38(66)35(63)29(61)21-75-48)39(67)42(25(3)78-52)81-49-40(68)43(30(62)22-76-49)82-50-41(69)44(74-9)36(64)31(20-59)79-50/h12,25-26,29-52,59,61-69H,1,10-11,13-23H2,2-9H3,(H,71,72,73)/t25-,26?,29-,30-,31-,32-,33?,34+,35+,36-,37+,38-,39+,40-,41-,42-,43+,44+,45-,46-,47-,48+,49+,50+,51+,52+,55-,56+,57+,58-/m1/s1. The van der Waals surface area contributed by atoms with Crippen LogP contribution in [0.25, 0.3) is 0 Å². The first kappa shape index (κ1) is 67.5. The van der Waals surface area contributed by atoms with Gasteiger partial charge >= 0.3 is 16.4 Å². The van der Waals surface area contributed by atoms with Gasteiger partial charge in [0.05, 0.1) is 50.0 Å². The zero-order valence-corrected chi connectivity index (χ0v) is 51.1. The van der Waals surface area contributed by atoms with E-state index in [1.165, 1.54) is 14.0 Å². The van der Waals surface area contributed by atoms with E-state index in [0.717, 1.165) is 24.0 Å². The minimum Gasteiger partial charge on any atom is -0.458 e. The summed E-state index contributed by atoms with van der Waals surface area (Å²) in [5.74, 6) is -0.929. The van der Waals surface area contributed by atoms with Crippen LogP contribution in [-0.2, 0) is 81.0 Å². The summed E-state index contributed by atoms with van der Waals surface area (Å²) in [5.41, 5.74) is -1.66. The van der Waals surface area contributed by atoms with Crippen LogP contribution in [0.2, 0.25) is 0 Å². The molecule has 11 N–H and O–H groups in total. The largest absolute Gasteiger partial charge is 0.458 e. The van der Waals surface area contributed by atoms with Gasteiger partial charge in [0.1, 0.15) is 109 Å². The smallest absolute Gasteiger partial charge is 0.397 e. The molecule has 0 bridgehead atoms. The molecule has 6 heterocycles. The molecule has 0 aromatic rings. The molecule has 496 valence electrons. The third kappa shape index (κ3) is 11.9. The molecule has 0 aromatic heterocycles. The zero-order chi connectivity index (χ0) is 63.4. The van der Waals surface area contributed by atoms with Gasteiger partial charge in [-0.2, -0.15) is 8.42 Å². The second-order valence-electron chi connectivity index (χ2n) is 27.2. The Morgan fingerprint density at radius 3 is 1.99 bits per heavy atom. The first-order valence-electron chi connectivity index (χ1n) is 30.2. The van der Waals surface area contributed by atoms with Crippen LogP contribution in [0.15, 0.2) is 23.8 Å². The second kappa shape index (κ2) is 25.2. The molecule has 28 nitrogen and oxygen atoms in total. The summed E-state index contributed by atoms with van der Waals surface area (Å²) in [7, 11) is -4.06. The summed E-state index contributed by atoms with van der Waals surface area (Å²) in [6, 6.07) is 0. The highest BCUT2D eigenvalue weighted by Crippen LogP contribution is 2.75. The van der Waals surface area contributed by atoms with E-state index in [9.17, 15) is 73.6 Å². The number of allylic oxidation sites excluding steroid dienone is 3. The maximum Gasteiger partial charge on any atom is 0.397 e. The van der Waals surface area contributed by atoms with E-state index in [1.54, 1.807) is 0 Å². The summed E-state index contributed by atoms with van der Waals surface area (Å²) in [6.45, 7) is 15.2. The number of ether oxygens (including phenoxy) is 12. The Labute approximate surface area is 505 Å². The van der Waals surface area contributed by atoms with Crippen molar-refractivity contribution in [2.24, 2.45) is 39.4 Å². The molecular weight excluding hydrogens is 1180 g/mol. The predicted octanol–water partition coefficient (Wildman–Crippen LogP) is -1.28. The summed E-state index contributed by atoms with van der Waals surface area (Å²) in [5, 5.41) is 111. The van der Waals surface area contributed by atoms with Crippen LogP contribution < -0.4 is 0 Å². The SMILES string of the molecule is C=C(C)CCC[C@]1(C)OC(=O)[C@]23CCC4C(=CCC5C(C)(C)[C@@H](O[C@@H]6OC[C@@H](OS(=O)(=O)O)[C@H](O)[C@H]6O[C@@H]6O[C@H](C)[C@@H](O[C@@H]7OC[C@@H](O)[C@H](O[C@@H]8O[C@H](CO)[C@@H](O)[C@H](OC)[C@H]8O)[C@H]7O)[C@H](O)[C@H]6O[C@@H]6OC[C@@H](O)[C@H](O)[C@H]6O)CC[C@]45C)[C@]2(C)CC(=O)[C@@H]31. The summed E-state index contributed by atoms with van der Waals surface area (Å²) >= 11 is 0. The fourth-order valence-electron chi connectivity index (χ4n) is 17.0. The topological polar surface area (TPSA) is 411 Å². The fourth-order valence-corrected chi connectivity index (χ4v) is 17.5. The minimum absolute atomic E-state index is 0.0124. The van der Waals surface area contributed by atoms with Crippen LogP contribution in [0.1, 0.15) is 106 Å². The van der Waals surface area contributed by atoms with Gasteiger partial charge in [-0.25, -0.2) is 4.18 Å². The third-order valence-corrected chi connectivity index (χ3v) is 21.9. The number of ketones is 1. The van der Waals surface area contributed by atoms with Crippen molar-refractivity contribution in [3.63, 3.8) is 0 Å². The molecular formula is C58H90O28S. The van der Waals surface area contributed by atoms with Crippen LogP contribution in [0.5, 0.6) is 0 Å². The lowest BCUT2D eigenvalue weighted by molar-refractivity contribution is -0.399. The first-order chi connectivity index (χ1) is 40.8. The molecule has 10 aliphatic rings. The molecule has 4 aliphatic carbocycles. The molecule has 6 saturated heterocycles. The lowest BCUT2D eigenvalue weighted by Crippen LogP contribution is -2.67. The highest BCUT2D eigenvalue weighted by Gasteiger charge is 2.79. The fraction of sp³-hybridized carbons (Fsp3) is 0.897. The van der Waals surface area contributed by atoms with Crippen molar-refractivity contribution in [3.05, 3.63) is 23.8 Å². The van der Waals surface area contributed by atoms with Gasteiger partial charge in [-0.05, 0) is 94.8 Å². The molecule has 9 fully saturated rings. The Balaban J connectivity index is 0.897. The number of esters is 1. The van der Waals surface area contributed by atoms with Gasteiger partial charge in [0.2, 0.25) is 0 Å².